The van der Waals surface area contributed by atoms with E-state index in [4.69, 9.17) is 4.55 Å². The lowest BCUT2D eigenvalue weighted by Gasteiger charge is -2.14. The lowest BCUT2D eigenvalue weighted by atomic mass is 10.1. The van der Waals surface area contributed by atoms with Crippen molar-refractivity contribution in [1.29, 1.82) is 0 Å². The number of anilines is 3. The van der Waals surface area contributed by atoms with Gasteiger partial charge in [0.2, 0.25) is 5.95 Å². The molecule has 1 heterocycles. The topological polar surface area (TPSA) is 115 Å². The number of benzene rings is 2. The Labute approximate surface area is 184 Å². The molecule has 0 aliphatic heterocycles. The molecule has 1 aromatic heterocycles. The van der Waals surface area contributed by atoms with E-state index in [0.29, 0.717) is 17.5 Å². The van der Waals surface area contributed by atoms with Crippen LogP contribution < -0.4 is 16.2 Å². The van der Waals surface area contributed by atoms with Crippen molar-refractivity contribution in [2.75, 3.05) is 43.4 Å². The van der Waals surface area contributed by atoms with Gasteiger partial charge in [0.15, 0.2) is 5.82 Å². The highest BCUT2D eigenvalue weighted by molar-refractivity contribution is 7.68. The third kappa shape index (κ3) is 7.52. The quantitative estimate of drug-likeness (QED) is 0.160. The van der Waals surface area contributed by atoms with E-state index in [1.165, 1.54) is 0 Å². The lowest BCUT2D eigenvalue weighted by Crippen LogP contribution is -2.17. The van der Waals surface area contributed by atoms with Gasteiger partial charge in [-0.2, -0.15) is 4.98 Å². The summed E-state index contributed by atoms with van der Waals surface area (Å²) in [7, 11) is 1.87. The summed E-state index contributed by atoms with van der Waals surface area (Å²) in [5.41, 5.74) is 9.13. The Morgan fingerprint density at radius 2 is 1.77 bits per heavy atom. The molecule has 0 saturated carbocycles. The Kier molecular flexibility index (Phi) is 8.16. The third-order valence-electron chi connectivity index (χ3n) is 4.25. The molecule has 31 heavy (non-hydrogen) atoms. The Morgan fingerprint density at radius 3 is 2.45 bits per heavy atom. The van der Waals surface area contributed by atoms with Crippen LogP contribution in [-0.4, -0.2) is 46.6 Å². The van der Waals surface area contributed by atoms with Crippen molar-refractivity contribution in [3.8, 4) is 11.3 Å². The summed E-state index contributed by atoms with van der Waals surface area (Å²) in [6, 6.07) is 18.6. The highest BCUT2D eigenvalue weighted by Gasteiger charge is 2.07. The van der Waals surface area contributed by atoms with Crippen molar-refractivity contribution in [2.45, 2.75) is 6.42 Å². The second-order valence-corrected chi connectivity index (χ2v) is 7.67. The van der Waals surface area contributed by atoms with E-state index in [2.05, 4.69) is 35.4 Å². The zero-order valence-electron chi connectivity index (χ0n) is 17.4. The molecule has 2 aromatic carbocycles. The van der Waals surface area contributed by atoms with Gasteiger partial charge in [-0.1, -0.05) is 41.2 Å². The molecule has 0 aliphatic carbocycles. The average molecular weight is 441 g/mol. The maximum atomic E-state index is 10.8. The predicted octanol–water partition coefficient (Wildman–Crippen LogP) is 4.20. The van der Waals surface area contributed by atoms with Crippen molar-refractivity contribution in [1.82, 2.24) is 14.9 Å². The van der Waals surface area contributed by atoms with Crippen molar-refractivity contribution in [2.24, 2.45) is 4.36 Å². The molecule has 3 rings (SSSR count). The van der Waals surface area contributed by atoms with Gasteiger partial charge >= 0.3 is 0 Å². The van der Waals surface area contributed by atoms with Crippen LogP contribution in [0, 0.1) is 0 Å². The minimum absolute atomic E-state index is 0.420. The minimum atomic E-state index is -2.22. The monoisotopic (exact) mass is 440 g/mol. The van der Waals surface area contributed by atoms with Crippen LogP contribution >= 0.6 is 0 Å². The largest absolute Gasteiger partial charge is 0.454 e. The van der Waals surface area contributed by atoms with Gasteiger partial charge in [0, 0.05) is 23.9 Å². The van der Waals surface area contributed by atoms with E-state index in [-0.39, 0.29) is 0 Å². The van der Waals surface area contributed by atoms with E-state index in [1.807, 2.05) is 50.5 Å². The Balaban J connectivity index is 1.74. The molecule has 0 saturated heterocycles. The SMILES string of the molecule is CN(C)CCCNc1nc(NNc2ccc(N=[S-](=O)O)cc2)cc(-c2ccccc2)n1. The summed E-state index contributed by atoms with van der Waals surface area (Å²) in [5, 5.41) is 3.29. The summed E-state index contributed by atoms with van der Waals surface area (Å²) in [6.07, 6.45) is 0.975. The molecule has 0 aliphatic rings. The molecular formula is C21H26N7O2S-. The molecule has 4 N–H and O–H groups in total. The van der Waals surface area contributed by atoms with Crippen LogP contribution in [0.2, 0.25) is 0 Å². The second kappa shape index (κ2) is 11.3. The second-order valence-electron chi connectivity index (χ2n) is 7.03. The summed E-state index contributed by atoms with van der Waals surface area (Å²) < 4.78 is 23.2. The number of hydrazine groups is 1. The summed E-state index contributed by atoms with van der Waals surface area (Å²) in [6.45, 7) is 1.74. The van der Waals surface area contributed by atoms with Crippen molar-refractivity contribution in [3.05, 3.63) is 60.7 Å². The standard InChI is InChI=1S/C21H26N7O2S/c1-28(2)14-6-13-22-21-23-19(16-7-4-3-5-8-16)15-20(24-21)26-25-17-9-11-18(12-10-17)27-31(29)30/h3-5,7-12,15,25H,6,13-14H2,1-2H3,(H,27,29,30)(H2,22,23,24,26)/q-1. The number of nitrogens with one attached hydrogen (secondary N) is 3. The third-order valence-corrected chi connectivity index (χ3v) is 4.61. The van der Waals surface area contributed by atoms with Gasteiger partial charge in [-0.25, -0.2) is 4.98 Å². The first-order chi connectivity index (χ1) is 15.0. The summed E-state index contributed by atoms with van der Waals surface area (Å²) >= 11 is 0. The first-order valence-corrected chi connectivity index (χ1v) is 10.8. The number of hydrogen-bond donors (Lipinski definition) is 4. The van der Waals surface area contributed by atoms with Crippen molar-refractivity contribution in [3.63, 3.8) is 0 Å². The molecule has 0 spiro atoms. The number of hydrogen-bond acceptors (Lipinski definition) is 9. The highest BCUT2D eigenvalue weighted by Crippen LogP contribution is 2.22. The Morgan fingerprint density at radius 1 is 1.03 bits per heavy atom. The Hall–Kier alpha value is -3.21. The van der Waals surface area contributed by atoms with Gasteiger partial charge in [-0.05, 0) is 51.3 Å². The maximum absolute atomic E-state index is 10.8. The van der Waals surface area contributed by atoms with E-state index in [1.54, 1.807) is 24.3 Å². The van der Waals surface area contributed by atoms with Crippen LogP contribution in [0.4, 0.5) is 23.1 Å². The molecule has 0 atom stereocenters. The van der Waals surface area contributed by atoms with Gasteiger partial charge in [-0.15, -0.1) is 0 Å². The van der Waals surface area contributed by atoms with Gasteiger partial charge in [0.25, 0.3) is 0 Å². The molecule has 0 amide bonds. The fourth-order valence-electron chi connectivity index (χ4n) is 2.77. The lowest BCUT2D eigenvalue weighted by molar-refractivity contribution is 0.405. The molecule has 0 fully saturated rings. The van der Waals surface area contributed by atoms with E-state index >= 15 is 0 Å². The maximum Gasteiger partial charge on any atom is 0.225 e. The molecule has 9 nitrogen and oxygen atoms in total. The number of rotatable bonds is 10. The fourth-order valence-corrected chi connectivity index (χ4v) is 3.08. The first kappa shape index (κ1) is 22.5. The summed E-state index contributed by atoms with van der Waals surface area (Å²) in [5.74, 6) is 1.15. The van der Waals surface area contributed by atoms with Crippen LogP contribution in [0.5, 0.6) is 0 Å². The molecule has 10 heteroatoms. The van der Waals surface area contributed by atoms with Gasteiger partial charge in [0.1, 0.15) is 0 Å². The Bertz CT molecular complexity index is 1050. The predicted molar refractivity (Wildman–Crippen MR) is 126 cm³/mol. The summed E-state index contributed by atoms with van der Waals surface area (Å²) in [4.78, 5) is 11.3. The molecule has 164 valence electrons. The van der Waals surface area contributed by atoms with E-state index < -0.39 is 10.9 Å². The smallest absolute Gasteiger partial charge is 0.225 e. The van der Waals surface area contributed by atoms with Crippen LogP contribution in [0.1, 0.15) is 6.42 Å². The van der Waals surface area contributed by atoms with Crippen molar-refractivity contribution >= 4 is 34.0 Å². The normalized spacial score (nSPS) is 12.0. The molecule has 3 aromatic rings. The van der Waals surface area contributed by atoms with Gasteiger partial charge in [-0.3, -0.25) is 10.9 Å². The number of nitrogens with zero attached hydrogens (tertiary/aromatic N) is 4. The molecular weight excluding hydrogens is 414 g/mol. The molecule has 0 unspecified atom stereocenters. The zero-order chi connectivity index (χ0) is 22.1. The highest BCUT2D eigenvalue weighted by atomic mass is 32.2. The van der Waals surface area contributed by atoms with Gasteiger partial charge in [0.05, 0.1) is 11.4 Å². The van der Waals surface area contributed by atoms with Gasteiger partial charge < -0.3 is 23.3 Å². The van der Waals surface area contributed by atoms with Crippen molar-refractivity contribution < 1.29 is 8.76 Å². The minimum Gasteiger partial charge on any atom is -0.454 e. The molecule has 0 radical (unpaired) electrons. The first-order valence-electron chi connectivity index (χ1n) is 9.77. The van der Waals surface area contributed by atoms with Crippen LogP contribution in [0.25, 0.3) is 11.3 Å². The van der Waals surface area contributed by atoms with E-state index in [9.17, 15) is 4.21 Å². The van der Waals surface area contributed by atoms with Crippen LogP contribution in [-0.2, 0) is 15.1 Å². The zero-order valence-corrected chi connectivity index (χ0v) is 18.3. The number of aromatic nitrogens is 2. The van der Waals surface area contributed by atoms with E-state index in [0.717, 1.165) is 36.5 Å². The van der Waals surface area contributed by atoms with Crippen LogP contribution in [0.3, 0.4) is 0 Å². The molecule has 0 bridgehead atoms. The van der Waals surface area contributed by atoms with Crippen LogP contribution in [0.15, 0.2) is 65.0 Å². The fraction of sp³-hybridized carbons (Fsp3) is 0.238. The average Bonchev–Trinajstić information content (AvgIpc) is 2.76.